The summed E-state index contributed by atoms with van der Waals surface area (Å²) in [5.74, 6) is 3.38. The molecule has 2 aromatic carbocycles. The highest BCUT2D eigenvalue weighted by atomic mass is 35.5. The van der Waals surface area contributed by atoms with E-state index in [9.17, 15) is 0 Å². The van der Waals surface area contributed by atoms with E-state index in [0.717, 1.165) is 32.9 Å². The maximum atomic E-state index is 6.15. The van der Waals surface area contributed by atoms with E-state index in [-0.39, 0.29) is 13.4 Å². The Balaban J connectivity index is 1.21. The summed E-state index contributed by atoms with van der Waals surface area (Å²) in [5.41, 5.74) is 1.98. The van der Waals surface area contributed by atoms with Crippen LogP contribution in [0, 0.1) is 0 Å². The molecule has 4 aromatic rings. The van der Waals surface area contributed by atoms with Crippen LogP contribution in [0.15, 0.2) is 46.9 Å². The molecule has 0 N–H and O–H groups in total. The number of nitrogens with zero attached hydrogens (tertiary/aromatic N) is 4. The second-order valence-corrected chi connectivity index (χ2v) is 9.47. The number of fused-ring (bicyclic) bond motifs is 1. The molecule has 11 heteroatoms. The zero-order valence-electron chi connectivity index (χ0n) is 16.7. The molecule has 0 amide bonds. The van der Waals surface area contributed by atoms with Gasteiger partial charge in [-0.25, -0.2) is 4.98 Å². The van der Waals surface area contributed by atoms with Gasteiger partial charge in [0.2, 0.25) is 6.79 Å². The van der Waals surface area contributed by atoms with Gasteiger partial charge in [0.25, 0.3) is 0 Å². The second kappa shape index (κ2) is 9.19. The van der Waals surface area contributed by atoms with E-state index in [1.807, 2.05) is 29.8 Å². The molecule has 32 heavy (non-hydrogen) atoms. The topological polar surface area (TPSA) is 71.3 Å². The molecule has 0 saturated carbocycles. The van der Waals surface area contributed by atoms with Gasteiger partial charge in [-0.3, -0.25) is 0 Å². The van der Waals surface area contributed by atoms with Gasteiger partial charge in [0.05, 0.1) is 10.7 Å². The molecule has 0 spiro atoms. The van der Waals surface area contributed by atoms with E-state index in [0.29, 0.717) is 27.4 Å². The van der Waals surface area contributed by atoms with E-state index in [4.69, 9.17) is 42.4 Å². The van der Waals surface area contributed by atoms with Crippen LogP contribution in [0.25, 0.3) is 10.6 Å². The molecule has 1 aliphatic rings. The third-order valence-corrected chi connectivity index (χ3v) is 7.24. The van der Waals surface area contributed by atoms with Crippen molar-refractivity contribution in [1.29, 1.82) is 0 Å². The Bertz CT molecular complexity index is 1280. The van der Waals surface area contributed by atoms with Crippen molar-refractivity contribution in [2.24, 2.45) is 7.05 Å². The van der Waals surface area contributed by atoms with Crippen LogP contribution in [0.2, 0.25) is 10.0 Å². The summed E-state index contributed by atoms with van der Waals surface area (Å²) in [6, 6.07) is 10.9. The minimum Gasteiger partial charge on any atom is -0.484 e. The molecule has 3 heterocycles. The van der Waals surface area contributed by atoms with Crippen molar-refractivity contribution < 1.29 is 14.2 Å². The van der Waals surface area contributed by atoms with Crippen LogP contribution in [0.4, 0.5) is 0 Å². The van der Waals surface area contributed by atoms with Gasteiger partial charge in [-0.1, -0.05) is 35.0 Å². The molecule has 0 atom stereocenters. The van der Waals surface area contributed by atoms with Gasteiger partial charge in [-0.05, 0) is 30.3 Å². The summed E-state index contributed by atoms with van der Waals surface area (Å²) in [6.07, 6.45) is 0. The van der Waals surface area contributed by atoms with Crippen molar-refractivity contribution in [2.45, 2.75) is 17.5 Å². The van der Waals surface area contributed by atoms with E-state index >= 15 is 0 Å². The van der Waals surface area contributed by atoms with Crippen LogP contribution in [-0.4, -0.2) is 26.5 Å². The van der Waals surface area contributed by atoms with Gasteiger partial charge in [-0.15, -0.1) is 21.5 Å². The highest BCUT2D eigenvalue weighted by Crippen LogP contribution is 2.37. The quantitative estimate of drug-likeness (QED) is 0.291. The molecular formula is C21H16Cl2N4O3S2. The van der Waals surface area contributed by atoms with Gasteiger partial charge in [0.1, 0.15) is 17.4 Å². The number of halogens is 2. The molecule has 2 aromatic heterocycles. The molecule has 164 valence electrons. The first-order chi connectivity index (χ1) is 15.6. The lowest BCUT2D eigenvalue weighted by molar-refractivity contribution is 0.174. The average Bonchev–Trinajstić information content (AvgIpc) is 3.53. The fraction of sp³-hybridized carbons (Fsp3) is 0.190. The predicted molar refractivity (Wildman–Crippen MR) is 125 cm³/mol. The van der Waals surface area contributed by atoms with Crippen LogP contribution in [0.5, 0.6) is 17.2 Å². The second-order valence-electron chi connectivity index (χ2n) is 6.82. The number of benzene rings is 2. The summed E-state index contributed by atoms with van der Waals surface area (Å²) in [7, 11) is 1.90. The lowest BCUT2D eigenvalue weighted by atomic mass is 10.2. The van der Waals surface area contributed by atoms with E-state index < -0.39 is 0 Å². The van der Waals surface area contributed by atoms with Crippen LogP contribution in [0.3, 0.4) is 0 Å². The van der Waals surface area contributed by atoms with Crippen molar-refractivity contribution in [3.63, 3.8) is 0 Å². The molecule has 0 aliphatic carbocycles. The zero-order valence-corrected chi connectivity index (χ0v) is 19.9. The summed E-state index contributed by atoms with van der Waals surface area (Å²) in [5, 5.41) is 13.3. The Hall–Kier alpha value is -2.46. The van der Waals surface area contributed by atoms with E-state index in [1.54, 1.807) is 41.3 Å². The normalized spacial score (nSPS) is 12.3. The minimum atomic E-state index is 0.231. The lowest BCUT2D eigenvalue weighted by Crippen LogP contribution is -2.04. The van der Waals surface area contributed by atoms with Crippen molar-refractivity contribution in [2.75, 3.05) is 6.79 Å². The number of hydrogen-bond acceptors (Lipinski definition) is 8. The molecule has 0 bridgehead atoms. The summed E-state index contributed by atoms with van der Waals surface area (Å²) in [6.45, 7) is 0.491. The molecule has 5 rings (SSSR count). The predicted octanol–water partition coefficient (Wildman–Crippen LogP) is 5.85. The first kappa shape index (κ1) is 21.4. The number of thioether (sulfide) groups is 1. The number of thiazole rings is 1. The number of aromatic nitrogens is 4. The van der Waals surface area contributed by atoms with Crippen LogP contribution in [0.1, 0.15) is 11.5 Å². The Morgan fingerprint density at radius 2 is 2.00 bits per heavy atom. The molecule has 0 unspecified atom stereocenters. The molecular weight excluding hydrogens is 491 g/mol. The largest absolute Gasteiger partial charge is 0.484 e. The van der Waals surface area contributed by atoms with Crippen LogP contribution in [-0.2, 0) is 19.4 Å². The van der Waals surface area contributed by atoms with Crippen molar-refractivity contribution in [1.82, 2.24) is 19.7 Å². The highest BCUT2D eigenvalue weighted by Gasteiger charge is 2.16. The Labute approximate surface area is 202 Å². The third-order valence-electron chi connectivity index (χ3n) is 4.70. The van der Waals surface area contributed by atoms with Crippen LogP contribution >= 0.6 is 46.3 Å². The zero-order chi connectivity index (χ0) is 22.1. The van der Waals surface area contributed by atoms with Gasteiger partial charge in [0, 0.05) is 34.8 Å². The highest BCUT2D eigenvalue weighted by molar-refractivity contribution is 7.98. The van der Waals surface area contributed by atoms with Crippen molar-refractivity contribution >= 4 is 46.3 Å². The first-order valence-corrected chi connectivity index (χ1v) is 12.1. The number of hydrogen-bond donors (Lipinski definition) is 0. The molecule has 0 fully saturated rings. The SMILES string of the molecule is Cn1c(COc2cc(Cl)ccc2Cl)nnc1SCc1csc(-c2ccc3c(c2)OCO3)n1. The maximum Gasteiger partial charge on any atom is 0.231 e. The Kier molecular flexibility index (Phi) is 6.14. The van der Waals surface area contributed by atoms with Crippen molar-refractivity contribution in [3.8, 4) is 27.8 Å². The monoisotopic (exact) mass is 506 g/mol. The third kappa shape index (κ3) is 4.52. The Morgan fingerprint density at radius 3 is 2.91 bits per heavy atom. The molecule has 7 nitrogen and oxygen atoms in total. The molecule has 1 aliphatic heterocycles. The van der Waals surface area contributed by atoms with Crippen LogP contribution < -0.4 is 14.2 Å². The van der Waals surface area contributed by atoms with E-state index in [2.05, 4.69) is 15.6 Å². The molecule has 0 radical (unpaired) electrons. The first-order valence-electron chi connectivity index (χ1n) is 9.50. The summed E-state index contributed by atoms with van der Waals surface area (Å²) in [4.78, 5) is 4.74. The average molecular weight is 507 g/mol. The minimum absolute atomic E-state index is 0.231. The standard InChI is InChI=1S/C21H16Cl2N4O3S2/c1-27-19(8-28-17-7-13(22)3-4-15(17)23)25-26-21(27)32-10-14-9-31-20(24-14)12-2-5-16-18(6-12)30-11-29-16/h2-7,9H,8,10-11H2,1H3. The number of rotatable bonds is 7. The van der Waals surface area contributed by atoms with E-state index in [1.165, 1.54) is 0 Å². The fourth-order valence-corrected chi connectivity index (χ4v) is 5.08. The maximum absolute atomic E-state index is 6.15. The van der Waals surface area contributed by atoms with Gasteiger partial charge < -0.3 is 18.8 Å². The number of ether oxygens (including phenoxy) is 3. The van der Waals surface area contributed by atoms with Crippen molar-refractivity contribution in [3.05, 3.63) is 63.3 Å². The lowest BCUT2D eigenvalue weighted by Gasteiger charge is -2.08. The Morgan fingerprint density at radius 1 is 1.12 bits per heavy atom. The van der Waals surface area contributed by atoms with Gasteiger partial charge in [-0.2, -0.15) is 0 Å². The van der Waals surface area contributed by atoms with Gasteiger partial charge >= 0.3 is 0 Å². The molecule has 0 saturated heterocycles. The van der Waals surface area contributed by atoms with Gasteiger partial charge in [0.15, 0.2) is 22.5 Å². The smallest absolute Gasteiger partial charge is 0.231 e. The summed E-state index contributed by atoms with van der Waals surface area (Å²) >= 11 is 15.3. The summed E-state index contributed by atoms with van der Waals surface area (Å²) < 4.78 is 18.5. The fourth-order valence-electron chi connectivity index (χ4n) is 3.00.